The highest BCUT2D eigenvalue weighted by atomic mass is 16.5. The van der Waals surface area contributed by atoms with E-state index in [0.717, 1.165) is 52.9 Å². The molecule has 4 aromatic rings. The number of fused-ring (bicyclic) bond motifs is 1. The molecular weight excluding hydrogens is 412 g/mol. The number of rotatable bonds is 4. The summed E-state index contributed by atoms with van der Waals surface area (Å²) in [6.07, 6.45) is 4.65. The second-order valence-corrected chi connectivity index (χ2v) is 8.10. The Balaban J connectivity index is 1.67. The van der Waals surface area contributed by atoms with Gasteiger partial charge in [-0.2, -0.15) is 5.26 Å². The molecule has 4 heterocycles. The van der Waals surface area contributed by atoms with Crippen LogP contribution in [0.1, 0.15) is 23.4 Å². The number of hydrogen-bond donors (Lipinski definition) is 2. The van der Waals surface area contributed by atoms with Gasteiger partial charge in [-0.15, -0.1) is 0 Å². The third kappa shape index (κ3) is 3.71. The summed E-state index contributed by atoms with van der Waals surface area (Å²) in [4.78, 5) is 8.73. The largest absolute Gasteiger partial charge is 0.439 e. The highest BCUT2D eigenvalue weighted by Gasteiger charge is 2.24. The van der Waals surface area contributed by atoms with Crippen LogP contribution in [-0.2, 0) is 7.05 Å². The van der Waals surface area contributed by atoms with Gasteiger partial charge in [0.1, 0.15) is 17.6 Å². The van der Waals surface area contributed by atoms with Crippen LogP contribution in [0.5, 0.6) is 11.6 Å². The summed E-state index contributed by atoms with van der Waals surface area (Å²) >= 11 is 0. The number of nitrogens with two attached hydrogens (primary N) is 1. The van der Waals surface area contributed by atoms with E-state index in [1.165, 1.54) is 5.57 Å². The first-order valence-electron chi connectivity index (χ1n) is 10.9. The molecule has 1 aliphatic heterocycles. The Kier molecular flexibility index (Phi) is 5.29. The SMILES string of the molecule is Cc1cccc(Oc2ccc(-c3c(C4=CCNCC4)n(C)c4c(C#N)cnc(N)c34)cc2)n1. The lowest BCUT2D eigenvalue weighted by atomic mass is 9.95. The first-order valence-corrected chi connectivity index (χ1v) is 10.9. The Morgan fingerprint density at radius 1 is 1.18 bits per heavy atom. The molecule has 164 valence electrons. The molecule has 0 radical (unpaired) electrons. The fourth-order valence-corrected chi connectivity index (χ4v) is 4.47. The van der Waals surface area contributed by atoms with E-state index in [9.17, 15) is 5.26 Å². The fourth-order valence-electron chi connectivity index (χ4n) is 4.47. The van der Waals surface area contributed by atoms with Gasteiger partial charge in [-0.3, -0.25) is 0 Å². The monoisotopic (exact) mass is 436 g/mol. The van der Waals surface area contributed by atoms with Crippen LogP contribution in [0.4, 0.5) is 5.82 Å². The van der Waals surface area contributed by atoms with Gasteiger partial charge in [-0.1, -0.05) is 24.3 Å². The van der Waals surface area contributed by atoms with Gasteiger partial charge >= 0.3 is 0 Å². The predicted octanol–water partition coefficient (Wildman–Crippen LogP) is 4.57. The average molecular weight is 437 g/mol. The summed E-state index contributed by atoms with van der Waals surface area (Å²) < 4.78 is 8.02. The number of hydrogen-bond acceptors (Lipinski definition) is 6. The lowest BCUT2D eigenvalue weighted by Crippen LogP contribution is -2.20. The quantitative estimate of drug-likeness (QED) is 0.486. The molecule has 0 atom stereocenters. The van der Waals surface area contributed by atoms with E-state index < -0.39 is 0 Å². The van der Waals surface area contributed by atoms with Crippen molar-refractivity contribution in [3.05, 3.63) is 71.7 Å². The van der Waals surface area contributed by atoms with Gasteiger partial charge in [-0.05, 0) is 49.2 Å². The molecule has 0 spiro atoms. The number of pyridine rings is 2. The van der Waals surface area contributed by atoms with Gasteiger partial charge in [0.15, 0.2) is 0 Å². The number of nitrogens with zero attached hydrogens (tertiary/aromatic N) is 4. The predicted molar refractivity (Wildman–Crippen MR) is 130 cm³/mol. The smallest absolute Gasteiger partial charge is 0.219 e. The molecule has 5 rings (SSSR count). The van der Waals surface area contributed by atoms with Crippen molar-refractivity contribution in [1.29, 1.82) is 5.26 Å². The van der Waals surface area contributed by atoms with Crippen molar-refractivity contribution >= 4 is 22.3 Å². The van der Waals surface area contributed by atoms with Crippen molar-refractivity contribution in [2.24, 2.45) is 7.05 Å². The first kappa shape index (κ1) is 20.7. The van der Waals surface area contributed by atoms with Gasteiger partial charge in [0, 0.05) is 37.1 Å². The minimum atomic E-state index is 0.416. The Bertz CT molecular complexity index is 1430. The van der Waals surface area contributed by atoms with Gasteiger partial charge < -0.3 is 20.4 Å². The van der Waals surface area contributed by atoms with Crippen molar-refractivity contribution in [2.75, 3.05) is 18.8 Å². The molecule has 0 bridgehead atoms. The number of benzene rings is 1. The summed E-state index contributed by atoms with van der Waals surface area (Å²) in [5.41, 5.74) is 12.9. The number of aryl methyl sites for hydroxylation is 2. The van der Waals surface area contributed by atoms with E-state index in [0.29, 0.717) is 23.0 Å². The Morgan fingerprint density at radius 3 is 2.70 bits per heavy atom. The summed E-state index contributed by atoms with van der Waals surface area (Å²) in [5.74, 6) is 1.67. The van der Waals surface area contributed by atoms with Gasteiger partial charge in [0.25, 0.3) is 0 Å². The van der Waals surface area contributed by atoms with Gasteiger partial charge in [0.05, 0.1) is 22.2 Å². The number of nitrogen functional groups attached to an aromatic ring is 1. The van der Waals surface area contributed by atoms with Crippen LogP contribution in [0.3, 0.4) is 0 Å². The summed E-state index contributed by atoms with van der Waals surface area (Å²) in [5, 5.41) is 13.9. The maximum absolute atomic E-state index is 9.74. The highest BCUT2D eigenvalue weighted by Crippen LogP contribution is 2.42. The average Bonchev–Trinajstić information content (AvgIpc) is 3.14. The highest BCUT2D eigenvalue weighted by molar-refractivity contribution is 6.09. The number of anilines is 1. The van der Waals surface area contributed by atoms with Crippen molar-refractivity contribution in [3.63, 3.8) is 0 Å². The van der Waals surface area contributed by atoms with Crippen molar-refractivity contribution < 1.29 is 4.74 Å². The van der Waals surface area contributed by atoms with Gasteiger partial charge in [0.2, 0.25) is 5.88 Å². The van der Waals surface area contributed by atoms with E-state index in [1.54, 1.807) is 6.20 Å². The molecule has 0 unspecified atom stereocenters. The van der Waals surface area contributed by atoms with Crippen LogP contribution in [0.25, 0.3) is 27.6 Å². The minimum absolute atomic E-state index is 0.416. The van der Waals surface area contributed by atoms with E-state index >= 15 is 0 Å². The van der Waals surface area contributed by atoms with E-state index in [4.69, 9.17) is 10.5 Å². The molecule has 1 aromatic carbocycles. The number of ether oxygens (including phenoxy) is 1. The van der Waals surface area contributed by atoms with E-state index in [1.807, 2.05) is 56.4 Å². The Morgan fingerprint density at radius 2 is 2.00 bits per heavy atom. The summed E-state index contributed by atoms with van der Waals surface area (Å²) in [6.45, 7) is 3.65. The minimum Gasteiger partial charge on any atom is -0.439 e. The van der Waals surface area contributed by atoms with Crippen LogP contribution < -0.4 is 15.8 Å². The van der Waals surface area contributed by atoms with E-state index in [2.05, 4.69) is 32.0 Å². The van der Waals surface area contributed by atoms with E-state index in [-0.39, 0.29) is 0 Å². The topological polar surface area (TPSA) is 102 Å². The van der Waals surface area contributed by atoms with Crippen LogP contribution >= 0.6 is 0 Å². The fraction of sp³-hybridized carbons (Fsp3) is 0.192. The zero-order valence-corrected chi connectivity index (χ0v) is 18.6. The third-order valence-electron chi connectivity index (χ3n) is 5.96. The van der Waals surface area contributed by atoms with Crippen LogP contribution in [0.15, 0.2) is 54.7 Å². The molecule has 3 N–H and O–H groups in total. The first-order chi connectivity index (χ1) is 16.1. The van der Waals surface area contributed by atoms with Crippen molar-refractivity contribution in [1.82, 2.24) is 19.9 Å². The molecule has 0 saturated heterocycles. The molecule has 3 aromatic heterocycles. The van der Waals surface area contributed by atoms with Crippen LogP contribution in [0.2, 0.25) is 0 Å². The zero-order valence-electron chi connectivity index (χ0n) is 18.6. The third-order valence-corrected chi connectivity index (χ3v) is 5.96. The van der Waals surface area contributed by atoms with Crippen LogP contribution in [-0.4, -0.2) is 27.6 Å². The normalized spacial score (nSPS) is 13.5. The molecule has 0 amide bonds. The molecule has 7 heteroatoms. The number of nitrogens with one attached hydrogen (secondary N) is 1. The Hall–Kier alpha value is -4.15. The van der Waals surface area contributed by atoms with Crippen LogP contribution in [0, 0.1) is 18.3 Å². The molecule has 33 heavy (non-hydrogen) atoms. The maximum atomic E-state index is 9.74. The second kappa shape index (κ2) is 8.41. The maximum Gasteiger partial charge on any atom is 0.219 e. The summed E-state index contributed by atoms with van der Waals surface area (Å²) in [6, 6.07) is 15.9. The molecule has 0 aliphatic carbocycles. The molecule has 0 fully saturated rings. The van der Waals surface area contributed by atoms with Crippen molar-refractivity contribution in [2.45, 2.75) is 13.3 Å². The van der Waals surface area contributed by atoms with Gasteiger partial charge in [-0.25, -0.2) is 9.97 Å². The summed E-state index contributed by atoms with van der Waals surface area (Å²) in [7, 11) is 1.99. The molecule has 1 aliphatic rings. The zero-order chi connectivity index (χ0) is 22.9. The van der Waals surface area contributed by atoms with Crippen molar-refractivity contribution in [3.8, 4) is 28.8 Å². The molecular formula is C26H24N6O. The molecule has 0 saturated carbocycles. The Labute approximate surface area is 192 Å². The number of aromatic nitrogens is 3. The molecule has 7 nitrogen and oxygen atoms in total. The number of nitriles is 1. The second-order valence-electron chi connectivity index (χ2n) is 8.10. The standard InChI is InChI=1S/C26H24N6O/c1-16-4-3-5-21(31-16)33-20-8-6-17(7-9-20)22-23-25(19(14-27)15-30-26(23)28)32(2)24(22)18-10-12-29-13-11-18/h3-10,15,29H,11-13H2,1-2H3,(H2,28,30). The lowest BCUT2D eigenvalue weighted by Gasteiger charge is -2.17. The lowest BCUT2D eigenvalue weighted by molar-refractivity contribution is 0.462.